The molecule has 1 rings (SSSR count). The molecule has 0 heterocycles. The van der Waals surface area contributed by atoms with Crippen molar-refractivity contribution in [1.82, 2.24) is 10.0 Å². The van der Waals surface area contributed by atoms with Gasteiger partial charge in [0.2, 0.25) is 15.9 Å². The minimum absolute atomic E-state index is 0.385. The molecule has 0 bridgehead atoms. The molecule has 0 radical (unpaired) electrons. The lowest BCUT2D eigenvalue weighted by Gasteiger charge is -2.21. The number of carbonyl (C=O) groups excluding carboxylic acids is 2. The predicted molar refractivity (Wildman–Crippen MR) is 73.3 cm³/mol. The maximum Gasteiger partial charge on any atom is 0.310 e. The van der Waals surface area contributed by atoms with Gasteiger partial charge in [-0.1, -0.05) is 6.42 Å². The van der Waals surface area contributed by atoms with E-state index in [9.17, 15) is 18.0 Å². The predicted octanol–water partition coefficient (Wildman–Crippen LogP) is -0.228. The van der Waals surface area contributed by atoms with Gasteiger partial charge in [0, 0.05) is 6.54 Å². The van der Waals surface area contributed by atoms with Crippen molar-refractivity contribution in [3.63, 3.8) is 0 Å². The summed E-state index contributed by atoms with van der Waals surface area (Å²) in [5, 5.41) is 1.72. The molecule has 0 aromatic rings. The van der Waals surface area contributed by atoms with E-state index in [2.05, 4.69) is 14.8 Å². The molecule has 0 saturated heterocycles. The van der Waals surface area contributed by atoms with Crippen LogP contribution in [0.25, 0.3) is 0 Å². The second kappa shape index (κ2) is 7.03. The minimum Gasteiger partial charge on any atom is -0.469 e. The number of methoxy groups -OCH3 is 1. The van der Waals surface area contributed by atoms with Crippen molar-refractivity contribution in [2.45, 2.75) is 44.4 Å². The molecule has 3 unspecified atom stereocenters. The van der Waals surface area contributed by atoms with Gasteiger partial charge in [-0.05, 0) is 26.7 Å². The molecule has 0 spiro atoms. The van der Waals surface area contributed by atoms with E-state index in [4.69, 9.17) is 0 Å². The molecule has 1 saturated carbocycles. The number of hydrogen-bond acceptors (Lipinski definition) is 5. The fraction of sp³-hybridized carbons (Fsp3) is 0.833. The van der Waals surface area contributed by atoms with Crippen LogP contribution in [0.4, 0.5) is 0 Å². The molecule has 7 nitrogen and oxygen atoms in total. The Morgan fingerprint density at radius 3 is 2.55 bits per heavy atom. The number of carbonyl (C=O) groups is 2. The van der Waals surface area contributed by atoms with Crippen molar-refractivity contribution in [1.29, 1.82) is 0 Å². The Morgan fingerprint density at radius 2 is 2.00 bits per heavy atom. The Bertz CT molecular complexity index is 462. The topological polar surface area (TPSA) is 102 Å². The Hall–Kier alpha value is -1.15. The molecule has 116 valence electrons. The van der Waals surface area contributed by atoms with E-state index in [0.717, 1.165) is 0 Å². The summed E-state index contributed by atoms with van der Waals surface area (Å²) in [6, 6.07) is -0.862. The van der Waals surface area contributed by atoms with Crippen LogP contribution in [-0.2, 0) is 24.3 Å². The van der Waals surface area contributed by atoms with Crippen molar-refractivity contribution in [3.8, 4) is 0 Å². The molecular formula is C12H22N2O5S. The molecule has 0 aromatic carbocycles. The highest BCUT2D eigenvalue weighted by molar-refractivity contribution is 7.90. The minimum atomic E-state index is -3.74. The number of amides is 1. The van der Waals surface area contributed by atoms with Gasteiger partial charge in [-0.2, -0.15) is 0 Å². The van der Waals surface area contributed by atoms with Crippen molar-refractivity contribution >= 4 is 21.9 Å². The first kappa shape index (κ1) is 16.9. The first-order valence-corrected chi connectivity index (χ1v) is 8.24. The summed E-state index contributed by atoms with van der Waals surface area (Å²) in [6.45, 7) is 3.66. The zero-order chi connectivity index (χ0) is 15.3. The van der Waals surface area contributed by atoms with E-state index in [-0.39, 0.29) is 5.91 Å². The Labute approximate surface area is 119 Å². The Morgan fingerprint density at radius 1 is 1.35 bits per heavy atom. The normalized spacial score (nSPS) is 24.1. The van der Waals surface area contributed by atoms with Crippen LogP contribution in [0.1, 0.15) is 33.1 Å². The van der Waals surface area contributed by atoms with E-state index in [1.165, 1.54) is 14.0 Å². The van der Waals surface area contributed by atoms with E-state index < -0.39 is 33.2 Å². The van der Waals surface area contributed by atoms with Crippen molar-refractivity contribution in [2.75, 3.05) is 13.7 Å². The number of likely N-dealkylation sites (N-methyl/N-ethyl adjacent to an activating group) is 1. The lowest BCUT2D eigenvalue weighted by Crippen LogP contribution is -2.49. The molecule has 0 aromatic heterocycles. The van der Waals surface area contributed by atoms with Crippen LogP contribution in [0.3, 0.4) is 0 Å². The second-order valence-corrected chi connectivity index (χ2v) is 6.81. The van der Waals surface area contributed by atoms with Crippen molar-refractivity contribution < 1.29 is 22.7 Å². The summed E-state index contributed by atoms with van der Waals surface area (Å²) in [4.78, 5) is 23.2. The summed E-state index contributed by atoms with van der Waals surface area (Å²) < 4.78 is 31.6. The number of sulfonamides is 1. The third kappa shape index (κ3) is 3.92. The van der Waals surface area contributed by atoms with Gasteiger partial charge in [-0.25, -0.2) is 13.1 Å². The van der Waals surface area contributed by atoms with E-state index in [1.54, 1.807) is 6.92 Å². The van der Waals surface area contributed by atoms with Crippen molar-refractivity contribution in [2.24, 2.45) is 5.92 Å². The van der Waals surface area contributed by atoms with Crippen LogP contribution >= 0.6 is 0 Å². The number of hydrogen-bond donors (Lipinski definition) is 2. The zero-order valence-corrected chi connectivity index (χ0v) is 12.8. The summed E-state index contributed by atoms with van der Waals surface area (Å²) in [7, 11) is -2.49. The smallest absolute Gasteiger partial charge is 0.310 e. The quantitative estimate of drug-likeness (QED) is 0.660. The van der Waals surface area contributed by atoms with E-state index in [0.29, 0.717) is 25.8 Å². The van der Waals surface area contributed by atoms with Gasteiger partial charge in [-0.3, -0.25) is 9.59 Å². The standard InChI is InChI=1S/C12H22N2O5S/c1-4-13-11(15)8(2)14-20(17,18)10-7-5-6-9(10)12(16)19-3/h8-10,14H,4-7H2,1-3H3,(H,13,15). The molecular weight excluding hydrogens is 284 g/mol. The van der Waals surface area contributed by atoms with Gasteiger partial charge in [0.15, 0.2) is 0 Å². The first-order valence-electron chi connectivity index (χ1n) is 6.70. The molecule has 1 amide bonds. The number of ether oxygens (including phenoxy) is 1. The largest absolute Gasteiger partial charge is 0.469 e. The molecule has 1 aliphatic rings. The fourth-order valence-corrected chi connectivity index (χ4v) is 4.36. The third-order valence-electron chi connectivity index (χ3n) is 3.44. The summed E-state index contributed by atoms with van der Waals surface area (Å²) in [6.07, 6.45) is 1.55. The highest BCUT2D eigenvalue weighted by Gasteiger charge is 2.43. The number of nitrogens with one attached hydrogen (secondary N) is 2. The van der Waals surface area contributed by atoms with Gasteiger partial charge in [-0.15, -0.1) is 0 Å². The third-order valence-corrected chi connectivity index (χ3v) is 5.48. The Kier molecular flexibility index (Phi) is 5.94. The summed E-state index contributed by atoms with van der Waals surface area (Å²) >= 11 is 0. The molecule has 8 heteroatoms. The van der Waals surface area contributed by atoms with Crippen LogP contribution in [0.2, 0.25) is 0 Å². The fourth-order valence-electron chi connectivity index (χ4n) is 2.43. The molecule has 2 N–H and O–H groups in total. The van der Waals surface area contributed by atoms with Gasteiger partial charge in [0.05, 0.1) is 24.3 Å². The van der Waals surface area contributed by atoms with Crippen LogP contribution < -0.4 is 10.0 Å². The average Bonchev–Trinajstić information content (AvgIpc) is 2.87. The lowest BCUT2D eigenvalue weighted by molar-refractivity contribution is -0.145. The second-order valence-electron chi connectivity index (χ2n) is 4.88. The monoisotopic (exact) mass is 306 g/mol. The molecule has 1 fully saturated rings. The van der Waals surface area contributed by atoms with Crippen LogP contribution in [0, 0.1) is 5.92 Å². The molecule has 3 atom stereocenters. The number of esters is 1. The van der Waals surface area contributed by atoms with Crippen LogP contribution in [-0.4, -0.2) is 45.2 Å². The maximum absolute atomic E-state index is 12.3. The SMILES string of the molecule is CCNC(=O)C(C)NS(=O)(=O)C1CCCC1C(=O)OC. The maximum atomic E-state index is 12.3. The summed E-state index contributed by atoms with van der Waals surface area (Å²) in [5.74, 6) is -1.55. The molecule has 1 aliphatic carbocycles. The lowest BCUT2D eigenvalue weighted by atomic mass is 10.1. The van der Waals surface area contributed by atoms with Gasteiger partial charge >= 0.3 is 5.97 Å². The van der Waals surface area contributed by atoms with E-state index >= 15 is 0 Å². The van der Waals surface area contributed by atoms with Gasteiger partial charge < -0.3 is 10.1 Å². The first-order chi connectivity index (χ1) is 9.33. The molecule has 0 aliphatic heterocycles. The Balaban J connectivity index is 2.77. The van der Waals surface area contributed by atoms with Gasteiger partial charge in [0.1, 0.15) is 0 Å². The molecule has 20 heavy (non-hydrogen) atoms. The number of rotatable bonds is 6. The van der Waals surface area contributed by atoms with E-state index in [1.807, 2.05) is 0 Å². The van der Waals surface area contributed by atoms with Crippen LogP contribution in [0.5, 0.6) is 0 Å². The highest BCUT2D eigenvalue weighted by atomic mass is 32.2. The highest BCUT2D eigenvalue weighted by Crippen LogP contribution is 2.31. The summed E-state index contributed by atoms with van der Waals surface area (Å²) in [5.41, 5.74) is 0. The van der Waals surface area contributed by atoms with Gasteiger partial charge in [0.25, 0.3) is 0 Å². The van der Waals surface area contributed by atoms with Crippen LogP contribution in [0.15, 0.2) is 0 Å². The zero-order valence-electron chi connectivity index (χ0n) is 12.0. The van der Waals surface area contributed by atoms with Crippen molar-refractivity contribution in [3.05, 3.63) is 0 Å². The average molecular weight is 306 g/mol.